The van der Waals surface area contributed by atoms with Crippen LogP contribution in [0.2, 0.25) is 0 Å². The van der Waals surface area contributed by atoms with Crippen molar-refractivity contribution in [3.63, 3.8) is 0 Å². The van der Waals surface area contributed by atoms with Crippen LogP contribution in [0.25, 0.3) is 0 Å². The Balaban J connectivity index is 0.00000162. The molecule has 0 radical (unpaired) electrons. The Kier molecular flexibility index (Phi) is 6.66. The number of fused-ring (bicyclic) bond motifs is 2. The molecule has 2 aliphatic carbocycles. The Hall–Kier alpha value is -3.16. The van der Waals surface area contributed by atoms with Crippen LogP contribution in [0.5, 0.6) is 0 Å². The van der Waals surface area contributed by atoms with Crippen LogP contribution >= 0.6 is 24.8 Å². The van der Waals surface area contributed by atoms with E-state index in [1.807, 2.05) is 0 Å². The van der Waals surface area contributed by atoms with Gasteiger partial charge < -0.3 is 0 Å². The third kappa shape index (κ3) is 2.96. The summed E-state index contributed by atoms with van der Waals surface area (Å²) in [7, 11) is 3.12. The molecule has 0 saturated heterocycles. The van der Waals surface area contributed by atoms with Crippen molar-refractivity contribution in [3.8, 4) is 0 Å². The quantitative estimate of drug-likeness (QED) is 0.536. The fourth-order valence-corrected chi connectivity index (χ4v) is 5.03. The van der Waals surface area contributed by atoms with Crippen molar-refractivity contribution in [1.82, 2.24) is 10.6 Å². The van der Waals surface area contributed by atoms with Gasteiger partial charge in [-0.15, -0.1) is 24.8 Å². The van der Waals surface area contributed by atoms with Gasteiger partial charge in [0.15, 0.2) is 34.2 Å². The molecule has 0 atom stereocenters. The number of nitrogens with one attached hydrogen (secondary N) is 2. The molecule has 2 aliphatic rings. The van der Waals surface area contributed by atoms with Gasteiger partial charge in [-0.3, -0.25) is 29.8 Å². The number of ketones is 4. The van der Waals surface area contributed by atoms with Crippen LogP contribution in [-0.2, 0) is 11.1 Å². The first kappa shape index (κ1) is 25.5. The average molecular weight is 497 g/mol. The molecule has 3 aromatic rings. The van der Waals surface area contributed by atoms with Crippen LogP contribution in [0, 0.1) is 0 Å². The second kappa shape index (κ2) is 8.89. The second-order valence-corrected chi connectivity index (χ2v) is 7.99. The highest BCUT2D eigenvalue weighted by Crippen LogP contribution is 2.41. The van der Waals surface area contributed by atoms with E-state index in [9.17, 15) is 19.2 Å². The van der Waals surface area contributed by atoms with Gasteiger partial charge in [0.05, 0.1) is 0 Å². The third-order valence-corrected chi connectivity index (χ3v) is 6.67. The topological polar surface area (TPSA) is 92.3 Å². The van der Waals surface area contributed by atoms with Gasteiger partial charge in [-0.05, 0) is 25.2 Å². The predicted octanol–water partition coefficient (Wildman–Crippen LogP) is 3.52. The summed E-state index contributed by atoms with van der Waals surface area (Å²) in [6, 6.07) is 20.0. The molecular formula is C26H22Cl2N2O4. The summed E-state index contributed by atoms with van der Waals surface area (Å²) in [5, 5.41) is 5.88. The Labute approximate surface area is 209 Å². The third-order valence-electron chi connectivity index (χ3n) is 6.67. The number of rotatable bonds is 4. The standard InChI is InChI=1S/C26H20N2O4.2ClH/c1-27-25(21(29)17-10-3-4-11-18(17)22(25)30)15-8-7-9-16(14-15)26(28-2)23(31)19-12-5-6-13-20(19)24(26)32;;/h3-14,27-28H,1-2H3;2*1H. The molecule has 0 aromatic heterocycles. The number of hydrogen-bond acceptors (Lipinski definition) is 6. The fourth-order valence-electron chi connectivity index (χ4n) is 5.03. The number of likely N-dealkylation sites (N-methyl/N-ethyl adjacent to an activating group) is 2. The molecule has 0 fully saturated rings. The van der Waals surface area contributed by atoms with Gasteiger partial charge in [0.1, 0.15) is 0 Å². The van der Waals surface area contributed by atoms with Crippen LogP contribution in [0.4, 0.5) is 0 Å². The monoisotopic (exact) mass is 496 g/mol. The predicted molar refractivity (Wildman–Crippen MR) is 133 cm³/mol. The van der Waals surface area contributed by atoms with Gasteiger partial charge in [0.2, 0.25) is 0 Å². The smallest absolute Gasteiger partial charge is 0.196 e. The van der Waals surface area contributed by atoms with Crippen LogP contribution in [0.3, 0.4) is 0 Å². The normalized spacial score (nSPS) is 17.0. The highest BCUT2D eigenvalue weighted by atomic mass is 35.5. The summed E-state index contributed by atoms with van der Waals surface area (Å²) < 4.78 is 0. The lowest BCUT2D eigenvalue weighted by Crippen LogP contribution is -2.52. The number of carbonyl (C=O) groups excluding carboxylic acids is 4. The maximum absolute atomic E-state index is 13.4. The van der Waals surface area contributed by atoms with Crippen molar-refractivity contribution < 1.29 is 19.2 Å². The van der Waals surface area contributed by atoms with E-state index < -0.39 is 11.1 Å². The molecule has 6 nitrogen and oxygen atoms in total. The molecule has 0 bridgehead atoms. The van der Waals surface area contributed by atoms with Crippen molar-refractivity contribution in [2.45, 2.75) is 11.1 Å². The maximum atomic E-state index is 13.4. The highest BCUT2D eigenvalue weighted by molar-refractivity contribution is 6.34. The average Bonchev–Trinajstić information content (AvgIpc) is 3.20. The van der Waals surface area contributed by atoms with Crippen molar-refractivity contribution in [2.24, 2.45) is 0 Å². The first-order valence-electron chi connectivity index (χ1n) is 10.3. The molecule has 3 aromatic carbocycles. The highest BCUT2D eigenvalue weighted by Gasteiger charge is 2.56. The van der Waals surface area contributed by atoms with Crippen LogP contribution in [0.1, 0.15) is 52.6 Å². The number of halogens is 2. The van der Waals surface area contributed by atoms with Gasteiger partial charge >= 0.3 is 0 Å². The largest absolute Gasteiger partial charge is 0.297 e. The molecular weight excluding hydrogens is 475 g/mol. The van der Waals surface area contributed by atoms with Gasteiger partial charge in [-0.1, -0.05) is 72.8 Å². The molecule has 0 heterocycles. The summed E-state index contributed by atoms with van der Waals surface area (Å²) in [5.74, 6) is -1.43. The lowest BCUT2D eigenvalue weighted by Gasteiger charge is -2.30. The molecule has 174 valence electrons. The molecule has 2 N–H and O–H groups in total. The first-order chi connectivity index (χ1) is 15.4. The Morgan fingerprint density at radius 3 is 1.06 bits per heavy atom. The first-order valence-corrected chi connectivity index (χ1v) is 10.3. The molecule has 0 spiro atoms. The zero-order valence-corrected chi connectivity index (χ0v) is 20.0. The van der Waals surface area contributed by atoms with Gasteiger partial charge in [-0.25, -0.2) is 0 Å². The van der Waals surface area contributed by atoms with E-state index in [2.05, 4.69) is 10.6 Å². The lowest BCUT2D eigenvalue weighted by molar-refractivity contribution is 0.0757. The zero-order chi connectivity index (χ0) is 22.7. The van der Waals surface area contributed by atoms with E-state index in [1.165, 1.54) is 0 Å². The summed E-state index contributed by atoms with van der Waals surface area (Å²) in [5.41, 5.74) is -1.08. The van der Waals surface area contributed by atoms with Crippen LogP contribution in [0.15, 0.2) is 72.8 Å². The van der Waals surface area contributed by atoms with E-state index in [-0.39, 0.29) is 47.9 Å². The minimum atomic E-state index is -1.62. The molecule has 0 aliphatic heterocycles. The number of carbonyl (C=O) groups is 4. The number of Topliss-reactive ketones (excluding diaryl/α,β-unsaturated/α-hetero) is 4. The summed E-state index contributed by atoms with van der Waals surface area (Å²) in [6.45, 7) is 0. The zero-order valence-electron chi connectivity index (χ0n) is 18.4. The van der Waals surface area contributed by atoms with Crippen molar-refractivity contribution in [2.75, 3.05) is 14.1 Å². The van der Waals surface area contributed by atoms with Crippen LogP contribution < -0.4 is 10.6 Å². The van der Waals surface area contributed by atoms with Gasteiger partial charge in [0, 0.05) is 22.3 Å². The van der Waals surface area contributed by atoms with E-state index in [1.54, 1.807) is 86.9 Å². The van der Waals surface area contributed by atoms with Gasteiger partial charge in [0.25, 0.3) is 0 Å². The maximum Gasteiger partial charge on any atom is 0.196 e. The molecule has 0 amide bonds. The summed E-state index contributed by atoms with van der Waals surface area (Å²) >= 11 is 0. The molecule has 8 heteroatoms. The van der Waals surface area contributed by atoms with Gasteiger partial charge in [-0.2, -0.15) is 0 Å². The van der Waals surface area contributed by atoms with Crippen molar-refractivity contribution >= 4 is 47.9 Å². The van der Waals surface area contributed by atoms with Crippen molar-refractivity contribution in [3.05, 3.63) is 106 Å². The molecule has 34 heavy (non-hydrogen) atoms. The Morgan fingerprint density at radius 2 is 0.794 bits per heavy atom. The second-order valence-electron chi connectivity index (χ2n) is 7.99. The van der Waals surface area contributed by atoms with Crippen LogP contribution in [-0.4, -0.2) is 37.2 Å². The molecule has 0 unspecified atom stereocenters. The van der Waals surface area contributed by atoms with E-state index in [0.717, 1.165) is 0 Å². The fraction of sp³-hybridized carbons (Fsp3) is 0.154. The Bertz CT molecular complexity index is 1180. The van der Waals surface area contributed by atoms with E-state index in [0.29, 0.717) is 33.4 Å². The van der Waals surface area contributed by atoms with E-state index >= 15 is 0 Å². The Morgan fingerprint density at radius 1 is 0.500 bits per heavy atom. The molecule has 0 saturated carbocycles. The minimum absolute atomic E-state index is 0. The number of benzene rings is 3. The summed E-state index contributed by atoms with van der Waals surface area (Å²) in [6.07, 6.45) is 0. The number of hydrogen-bond donors (Lipinski definition) is 2. The minimum Gasteiger partial charge on any atom is -0.297 e. The SMILES string of the molecule is CNC1(c2cccc(C3(NC)C(=O)c4ccccc4C3=O)c2)C(=O)c2ccccc2C1=O.Cl.Cl. The molecule has 5 rings (SSSR count). The summed E-state index contributed by atoms with van der Waals surface area (Å²) in [4.78, 5) is 53.7. The van der Waals surface area contributed by atoms with Crippen molar-refractivity contribution in [1.29, 1.82) is 0 Å². The van der Waals surface area contributed by atoms with E-state index in [4.69, 9.17) is 0 Å². The lowest BCUT2D eigenvalue weighted by atomic mass is 9.79.